The average Bonchev–Trinajstić information content (AvgIpc) is 3.49. The third-order valence-corrected chi connectivity index (χ3v) is 5.10. The largest absolute Gasteiger partial charge is 0.340 e. The quantitative estimate of drug-likeness (QED) is 0.314. The molecule has 0 saturated carbocycles. The van der Waals surface area contributed by atoms with Crippen LogP contribution in [-0.4, -0.2) is 35.1 Å². The second kappa shape index (κ2) is 10.5. The smallest absolute Gasteiger partial charge is 0.161 e. The predicted octanol–water partition coefficient (Wildman–Crippen LogP) is 6.15. The van der Waals surface area contributed by atoms with E-state index in [-0.39, 0.29) is 0 Å². The third-order valence-electron chi connectivity index (χ3n) is 5.10. The van der Waals surface area contributed by atoms with Gasteiger partial charge in [0.15, 0.2) is 11.5 Å². The lowest BCUT2D eigenvalue weighted by molar-refractivity contribution is 1.10. The second-order valence-electron chi connectivity index (χ2n) is 7.26. The number of imidazole rings is 1. The van der Waals surface area contributed by atoms with Crippen LogP contribution in [0.5, 0.6) is 0 Å². The minimum Gasteiger partial charge on any atom is -0.340 e. The number of H-pyrrole nitrogens is 2. The molecule has 2 N–H and O–H groups in total. The summed E-state index contributed by atoms with van der Waals surface area (Å²) in [5, 5.41) is 7.56. The molecule has 0 saturated heterocycles. The molecular weight excluding hydrogens is 422 g/mol. The third kappa shape index (κ3) is 4.54. The van der Waals surface area contributed by atoms with Crippen LogP contribution in [0.1, 0.15) is 37.9 Å². The molecule has 0 atom stereocenters. The Labute approximate surface area is 198 Å². The lowest BCUT2D eigenvalue weighted by Crippen LogP contribution is -1.94. The summed E-state index contributed by atoms with van der Waals surface area (Å²) < 4.78 is 0. The first-order chi connectivity index (χ1) is 16.7. The van der Waals surface area contributed by atoms with E-state index in [1.807, 2.05) is 94.5 Å². The van der Waals surface area contributed by atoms with Gasteiger partial charge in [-0.3, -0.25) is 15.1 Å². The number of nitrogens with one attached hydrogen (secondary N) is 2. The predicted molar refractivity (Wildman–Crippen MR) is 137 cm³/mol. The normalized spacial score (nSPS) is 11.6. The molecule has 34 heavy (non-hydrogen) atoms. The topological polar surface area (TPSA) is 96.0 Å². The van der Waals surface area contributed by atoms with Gasteiger partial charge in [0.1, 0.15) is 5.52 Å². The van der Waals surface area contributed by atoms with Crippen LogP contribution in [0.3, 0.4) is 0 Å². The summed E-state index contributed by atoms with van der Waals surface area (Å²) in [6.07, 6.45) is 9.54. The summed E-state index contributed by atoms with van der Waals surface area (Å²) >= 11 is 0. The number of aromatic amines is 2. The number of hydrogen-bond acceptors (Lipinski definition) is 5. The molecule has 0 aromatic carbocycles. The van der Waals surface area contributed by atoms with E-state index in [1.165, 1.54) is 0 Å². The van der Waals surface area contributed by atoms with Crippen molar-refractivity contribution < 1.29 is 0 Å². The van der Waals surface area contributed by atoms with Crippen LogP contribution < -0.4 is 0 Å². The first kappa shape index (κ1) is 22.8. The molecule has 0 aliphatic rings. The van der Waals surface area contributed by atoms with E-state index in [0.29, 0.717) is 11.5 Å². The van der Waals surface area contributed by atoms with E-state index in [1.54, 1.807) is 12.4 Å². The number of hydrogen-bond donors (Lipinski definition) is 2. The molecule has 5 aromatic heterocycles. The number of aromatic nitrogens is 7. The van der Waals surface area contributed by atoms with Crippen LogP contribution in [0.25, 0.3) is 39.5 Å². The first-order valence-electron chi connectivity index (χ1n) is 11.3. The number of allylic oxidation sites excluding steroid dienone is 3. The fourth-order valence-corrected chi connectivity index (χ4v) is 3.56. The minimum atomic E-state index is 0.650. The molecule has 0 aliphatic carbocycles. The lowest BCUT2D eigenvalue weighted by atomic mass is 10.1. The van der Waals surface area contributed by atoms with E-state index in [9.17, 15) is 0 Å². The van der Waals surface area contributed by atoms with Gasteiger partial charge in [0, 0.05) is 23.7 Å². The zero-order chi connectivity index (χ0) is 23.9. The summed E-state index contributed by atoms with van der Waals surface area (Å²) in [6.45, 7) is 7.98. The van der Waals surface area contributed by atoms with Gasteiger partial charge < -0.3 is 4.98 Å². The van der Waals surface area contributed by atoms with Gasteiger partial charge in [-0.2, -0.15) is 5.10 Å². The maximum atomic E-state index is 4.90. The summed E-state index contributed by atoms with van der Waals surface area (Å²) in [4.78, 5) is 22.0. The van der Waals surface area contributed by atoms with Crippen molar-refractivity contribution >= 4 is 16.6 Å². The summed E-state index contributed by atoms with van der Waals surface area (Å²) in [6, 6.07) is 15.5. The highest BCUT2D eigenvalue weighted by molar-refractivity contribution is 5.90. The van der Waals surface area contributed by atoms with Crippen molar-refractivity contribution in [1.29, 1.82) is 0 Å². The Kier molecular flexibility index (Phi) is 7.03. The number of nitrogens with zero attached hydrogens (tertiary/aromatic N) is 5. The first-order valence-corrected chi connectivity index (χ1v) is 11.3. The van der Waals surface area contributed by atoms with Crippen molar-refractivity contribution in [2.45, 2.75) is 27.7 Å². The van der Waals surface area contributed by atoms with Crippen LogP contribution in [0, 0.1) is 6.92 Å². The highest BCUT2D eigenvalue weighted by atomic mass is 15.2. The number of rotatable bonds is 5. The van der Waals surface area contributed by atoms with Gasteiger partial charge in [-0.05, 0) is 50.2 Å². The zero-order valence-electron chi connectivity index (χ0n) is 19.7. The van der Waals surface area contributed by atoms with Gasteiger partial charge in [0.2, 0.25) is 0 Å². The molecule has 5 rings (SSSR count). The molecule has 7 heteroatoms. The van der Waals surface area contributed by atoms with E-state index in [0.717, 1.165) is 45.1 Å². The molecule has 0 spiro atoms. The Bertz CT molecular complexity index is 1430. The van der Waals surface area contributed by atoms with Crippen LogP contribution >= 0.6 is 0 Å². The molecule has 0 radical (unpaired) electrons. The van der Waals surface area contributed by atoms with Crippen molar-refractivity contribution in [2.75, 3.05) is 0 Å². The molecule has 0 aliphatic heterocycles. The van der Waals surface area contributed by atoms with Gasteiger partial charge >= 0.3 is 0 Å². The fourth-order valence-electron chi connectivity index (χ4n) is 3.56. The molecular formula is C27H27N7. The maximum absolute atomic E-state index is 4.90. The SMILES string of the molecule is C/C=C\C=C(\c1ccccn1)c1nc(-c2n[nH]c3ccc(-c4ccccn4)nc23)[nH]c1C.CC. The zero-order valence-corrected chi connectivity index (χ0v) is 19.7. The molecule has 0 bridgehead atoms. The van der Waals surface area contributed by atoms with Gasteiger partial charge in [-0.1, -0.05) is 44.2 Å². The van der Waals surface area contributed by atoms with Crippen molar-refractivity contribution in [3.05, 3.63) is 96.2 Å². The molecule has 170 valence electrons. The Morgan fingerprint density at radius 2 is 1.68 bits per heavy atom. The van der Waals surface area contributed by atoms with Crippen LogP contribution in [0.15, 0.2) is 79.2 Å². The van der Waals surface area contributed by atoms with Crippen molar-refractivity contribution in [1.82, 2.24) is 35.1 Å². The second-order valence-corrected chi connectivity index (χ2v) is 7.26. The van der Waals surface area contributed by atoms with Gasteiger partial charge in [0.05, 0.1) is 28.3 Å². The molecule has 0 fully saturated rings. The molecule has 5 aromatic rings. The molecule has 7 nitrogen and oxygen atoms in total. The Morgan fingerprint density at radius 3 is 2.38 bits per heavy atom. The highest BCUT2D eigenvalue weighted by Crippen LogP contribution is 2.29. The summed E-state index contributed by atoms with van der Waals surface area (Å²) in [5.41, 5.74) is 7.39. The Balaban J connectivity index is 0.00000133. The Hall–Kier alpha value is -4.39. The average molecular weight is 450 g/mol. The maximum Gasteiger partial charge on any atom is 0.161 e. The lowest BCUT2D eigenvalue weighted by Gasteiger charge is -2.04. The van der Waals surface area contributed by atoms with E-state index >= 15 is 0 Å². The number of aryl methyl sites for hydroxylation is 1. The monoisotopic (exact) mass is 449 g/mol. The van der Waals surface area contributed by atoms with Gasteiger partial charge in [0.25, 0.3) is 0 Å². The minimum absolute atomic E-state index is 0.650. The highest BCUT2D eigenvalue weighted by Gasteiger charge is 2.19. The summed E-state index contributed by atoms with van der Waals surface area (Å²) in [5.74, 6) is 0.650. The van der Waals surface area contributed by atoms with Crippen LogP contribution in [0.4, 0.5) is 0 Å². The van der Waals surface area contributed by atoms with Crippen LogP contribution in [0.2, 0.25) is 0 Å². The van der Waals surface area contributed by atoms with Gasteiger partial charge in [-0.15, -0.1) is 0 Å². The number of pyridine rings is 3. The molecule has 0 unspecified atom stereocenters. The van der Waals surface area contributed by atoms with E-state index in [2.05, 4.69) is 25.1 Å². The standard InChI is InChI=1S/C25H21N7.C2H6/c1-3-4-9-17(18-10-5-7-14-26-18)22-16(2)28-25(30-22)24-23-21(31-32-24)13-12-20(29-23)19-11-6-8-15-27-19;1-2/h3-15H,1-2H3,(H,28,30)(H,31,32);1-2H3/b4-3-,17-9-;. The number of fused-ring (bicyclic) bond motifs is 1. The Morgan fingerprint density at radius 1 is 0.882 bits per heavy atom. The van der Waals surface area contributed by atoms with Gasteiger partial charge in [-0.25, -0.2) is 9.97 Å². The molecule has 0 amide bonds. The summed E-state index contributed by atoms with van der Waals surface area (Å²) in [7, 11) is 0. The van der Waals surface area contributed by atoms with Crippen LogP contribution in [-0.2, 0) is 0 Å². The van der Waals surface area contributed by atoms with Crippen molar-refractivity contribution in [2.24, 2.45) is 0 Å². The van der Waals surface area contributed by atoms with E-state index in [4.69, 9.17) is 9.97 Å². The van der Waals surface area contributed by atoms with Crippen molar-refractivity contribution in [3.63, 3.8) is 0 Å². The van der Waals surface area contributed by atoms with Crippen molar-refractivity contribution in [3.8, 4) is 22.9 Å². The fraction of sp³-hybridized carbons (Fsp3) is 0.148. The van der Waals surface area contributed by atoms with E-state index < -0.39 is 0 Å². The molecule has 5 heterocycles.